The minimum Gasteiger partial charge on any atom is -0.481 e. The highest BCUT2D eigenvalue weighted by molar-refractivity contribution is 5.76. The summed E-state index contributed by atoms with van der Waals surface area (Å²) in [4.78, 5) is 26.9. The first-order valence-corrected chi connectivity index (χ1v) is 4.74. The summed E-state index contributed by atoms with van der Waals surface area (Å²) in [5, 5.41) is 9.84. The number of carbonyl (C=O) groups excluding carboxylic acids is 1. The minimum absolute atomic E-state index is 0.0274. The molecule has 1 aliphatic heterocycles. The highest BCUT2D eigenvalue weighted by Crippen LogP contribution is 2.13. The van der Waals surface area contributed by atoms with E-state index in [1.165, 1.54) is 5.06 Å². The van der Waals surface area contributed by atoms with Gasteiger partial charge < -0.3 is 5.11 Å². The van der Waals surface area contributed by atoms with E-state index in [2.05, 4.69) is 0 Å². The van der Waals surface area contributed by atoms with Gasteiger partial charge in [0.1, 0.15) is 0 Å². The molecule has 0 spiro atoms. The van der Waals surface area contributed by atoms with Crippen LogP contribution in [-0.2, 0) is 14.4 Å². The number of carboxylic acids is 1. The maximum absolute atomic E-state index is 11.4. The lowest BCUT2D eigenvalue weighted by atomic mass is 10.0. The van der Waals surface area contributed by atoms with Crippen LogP contribution in [0.4, 0.5) is 0 Å². The number of rotatable bonds is 4. The Bertz CT molecular complexity index is 223. The number of hydroxylamine groups is 2. The molecule has 1 rings (SSSR count). The lowest BCUT2D eigenvalue weighted by Crippen LogP contribution is -2.28. The van der Waals surface area contributed by atoms with Gasteiger partial charge in [0.25, 0.3) is 0 Å². The van der Waals surface area contributed by atoms with Crippen molar-refractivity contribution in [3.05, 3.63) is 0 Å². The van der Waals surface area contributed by atoms with Gasteiger partial charge in [-0.2, -0.15) is 0 Å². The predicted molar refractivity (Wildman–Crippen MR) is 48.3 cm³/mol. The van der Waals surface area contributed by atoms with Crippen molar-refractivity contribution < 1.29 is 19.5 Å². The van der Waals surface area contributed by atoms with Gasteiger partial charge in [-0.3, -0.25) is 14.4 Å². The fourth-order valence-electron chi connectivity index (χ4n) is 1.41. The second-order valence-corrected chi connectivity index (χ2v) is 3.59. The second-order valence-electron chi connectivity index (χ2n) is 3.59. The SMILES string of the molecule is CC(CC(=O)O)CC(=O)N1CCCO1. The number of carbonyl (C=O) groups is 2. The van der Waals surface area contributed by atoms with Crippen LogP contribution in [0, 0.1) is 5.92 Å². The molecule has 1 atom stereocenters. The number of hydrogen-bond donors (Lipinski definition) is 1. The molecule has 0 aromatic heterocycles. The lowest BCUT2D eigenvalue weighted by molar-refractivity contribution is -0.169. The molecule has 1 heterocycles. The monoisotopic (exact) mass is 201 g/mol. The molecule has 80 valence electrons. The van der Waals surface area contributed by atoms with Crippen molar-refractivity contribution in [2.75, 3.05) is 13.2 Å². The molecule has 1 fully saturated rings. The summed E-state index contributed by atoms with van der Waals surface area (Å²) in [6.45, 7) is 2.96. The summed E-state index contributed by atoms with van der Waals surface area (Å²) in [5.41, 5.74) is 0. The van der Waals surface area contributed by atoms with Gasteiger partial charge in [0, 0.05) is 12.8 Å². The molecule has 1 saturated heterocycles. The number of nitrogens with zero attached hydrogens (tertiary/aromatic N) is 1. The van der Waals surface area contributed by atoms with E-state index in [0.29, 0.717) is 13.2 Å². The molecule has 1 unspecified atom stereocenters. The first kappa shape index (κ1) is 11.0. The molecule has 1 amide bonds. The molecule has 0 aromatic rings. The van der Waals surface area contributed by atoms with Crippen molar-refractivity contribution in [2.24, 2.45) is 5.92 Å². The van der Waals surface area contributed by atoms with Gasteiger partial charge in [-0.15, -0.1) is 0 Å². The van der Waals surface area contributed by atoms with E-state index in [4.69, 9.17) is 9.94 Å². The fourth-order valence-corrected chi connectivity index (χ4v) is 1.41. The Labute approximate surface area is 82.6 Å². The third-order valence-electron chi connectivity index (χ3n) is 2.08. The van der Waals surface area contributed by atoms with E-state index in [0.717, 1.165) is 6.42 Å². The molecule has 0 radical (unpaired) electrons. The van der Waals surface area contributed by atoms with Crippen molar-refractivity contribution in [2.45, 2.75) is 26.2 Å². The molecule has 0 aliphatic carbocycles. The van der Waals surface area contributed by atoms with Crippen LogP contribution in [0.1, 0.15) is 26.2 Å². The standard InChI is InChI=1S/C9H15NO4/c1-7(6-9(12)13)5-8(11)10-3-2-4-14-10/h7H,2-6H2,1H3,(H,12,13). The second kappa shape index (κ2) is 4.95. The van der Waals surface area contributed by atoms with Gasteiger partial charge in [-0.25, -0.2) is 5.06 Å². The van der Waals surface area contributed by atoms with Crippen molar-refractivity contribution in [1.29, 1.82) is 0 Å². The summed E-state index contributed by atoms with van der Waals surface area (Å²) < 4.78 is 0. The van der Waals surface area contributed by atoms with Crippen molar-refractivity contribution in [3.8, 4) is 0 Å². The number of carboxylic acid groups (broad SMARTS) is 1. The average molecular weight is 201 g/mol. The minimum atomic E-state index is -0.868. The van der Waals surface area contributed by atoms with Crippen LogP contribution >= 0.6 is 0 Å². The molecule has 0 aromatic carbocycles. The van der Waals surface area contributed by atoms with Gasteiger partial charge >= 0.3 is 5.97 Å². The Morgan fingerprint density at radius 3 is 2.71 bits per heavy atom. The number of hydrogen-bond acceptors (Lipinski definition) is 3. The molecule has 0 saturated carbocycles. The summed E-state index contributed by atoms with van der Waals surface area (Å²) in [7, 11) is 0. The average Bonchev–Trinajstić information content (AvgIpc) is 2.53. The van der Waals surface area contributed by atoms with Gasteiger partial charge in [0.05, 0.1) is 13.2 Å². The normalized spacial score (nSPS) is 18.2. The molecule has 5 heteroatoms. The maximum Gasteiger partial charge on any atom is 0.303 e. The zero-order chi connectivity index (χ0) is 10.6. The van der Waals surface area contributed by atoms with Crippen LogP contribution in [0.5, 0.6) is 0 Å². The fraction of sp³-hybridized carbons (Fsp3) is 0.778. The Morgan fingerprint density at radius 2 is 2.21 bits per heavy atom. The Hall–Kier alpha value is -1.10. The van der Waals surface area contributed by atoms with E-state index in [1.54, 1.807) is 6.92 Å². The molecular weight excluding hydrogens is 186 g/mol. The van der Waals surface area contributed by atoms with E-state index < -0.39 is 5.97 Å². The van der Waals surface area contributed by atoms with Crippen LogP contribution in [0.3, 0.4) is 0 Å². The van der Waals surface area contributed by atoms with E-state index >= 15 is 0 Å². The van der Waals surface area contributed by atoms with Crippen LogP contribution < -0.4 is 0 Å². The lowest BCUT2D eigenvalue weighted by Gasteiger charge is -2.15. The summed E-state index contributed by atoms with van der Waals surface area (Å²) in [6, 6.07) is 0. The first-order chi connectivity index (χ1) is 6.59. The third-order valence-corrected chi connectivity index (χ3v) is 2.08. The summed E-state index contributed by atoms with van der Waals surface area (Å²) in [6.07, 6.45) is 1.13. The molecular formula is C9H15NO4. The van der Waals surface area contributed by atoms with Crippen LogP contribution in [0.2, 0.25) is 0 Å². The number of amides is 1. The number of aliphatic carboxylic acids is 1. The molecule has 14 heavy (non-hydrogen) atoms. The highest BCUT2D eigenvalue weighted by Gasteiger charge is 2.21. The Morgan fingerprint density at radius 1 is 1.50 bits per heavy atom. The zero-order valence-corrected chi connectivity index (χ0v) is 8.23. The van der Waals surface area contributed by atoms with Gasteiger partial charge in [0.2, 0.25) is 5.91 Å². The highest BCUT2D eigenvalue weighted by atomic mass is 16.7. The van der Waals surface area contributed by atoms with E-state index in [9.17, 15) is 9.59 Å². The summed E-state index contributed by atoms with van der Waals surface area (Å²) in [5.74, 6) is -1.12. The van der Waals surface area contributed by atoms with Crippen molar-refractivity contribution >= 4 is 11.9 Å². The Kier molecular flexibility index (Phi) is 3.88. The molecule has 5 nitrogen and oxygen atoms in total. The quantitative estimate of drug-likeness (QED) is 0.725. The zero-order valence-electron chi connectivity index (χ0n) is 8.23. The molecule has 1 N–H and O–H groups in total. The van der Waals surface area contributed by atoms with Crippen molar-refractivity contribution in [3.63, 3.8) is 0 Å². The van der Waals surface area contributed by atoms with Gasteiger partial charge in [-0.1, -0.05) is 6.92 Å². The summed E-state index contributed by atoms with van der Waals surface area (Å²) >= 11 is 0. The molecule has 0 bridgehead atoms. The largest absolute Gasteiger partial charge is 0.481 e. The topological polar surface area (TPSA) is 66.8 Å². The predicted octanol–water partition coefficient (Wildman–Crippen LogP) is 0.651. The van der Waals surface area contributed by atoms with Crippen molar-refractivity contribution in [1.82, 2.24) is 5.06 Å². The van der Waals surface area contributed by atoms with E-state index in [-0.39, 0.29) is 24.7 Å². The third kappa shape index (κ3) is 3.33. The van der Waals surface area contributed by atoms with Gasteiger partial charge in [0.15, 0.2) is 0 Å². The Balaban J connectivity index is 2.28. The van der Waals surface area contributed by atoms with E-state index in [1.807, 2.05) is 0 Å². The van der Waals surface area contributed by atoms with Crippen LogP contribution in [-0.4, -0.2) is 35.2 Å². The van der Waals surface area contributed by atoms with Crippen LogP contribution in [0.15, 0.2) is 0 Å². The molecule has 1 aliphatic rings. The maximum atomic E-state index is 11.4. The van der Waals surface area contributed by atoms with Crippen LogP contribution in [0.25, 0.3) is 0 Å². The van der Waals surface area contributed by atoms with Gasteiger partial charge in [-0.05, 0) is 12.3 Å². The first-order valence-electron chi connectivity index (χ1n) is 4.74. The smallest absolute Gasteiger partial charge is 0.303 e.